The highest BCUT2D eigenvalue weighted by molar-refractivity contribution is 7.22. The fraction of sp³-hybridized carbons (Fsp3) is 0.556. The second-order valence-corrected chi connectivity index (χ2v) is 7.76. The van der Waals surface area contributed by atoms with Crippen LogP contribution in [0.1, 0.15) is 32.1 Å². The van der Waals surface area contributed by atoms with Gasteiger partial charge < -0.3 is 9.80 Å². The Morgan fingerprint density at radius 3 is 2.62 bits per heavy atom. The average Bonchev–Trinajstić information content (AvgIpc) is 3.05. The van der Waals surface area contributed by atoms with E-state index >= 15 is 0 Å². The van der Waals surface area contributed by atoms with Gasteiger partial charge in [-0.25, -0.2) is 9.37 Å². The number of amides is 1. The van der Waals surface area contributed by atoms with Crippen molar-refractivity contribution in [2.24, 2.45) is 5.92 Å². The van der Waals surface area contributed by atoms with Crippen molar-refractivity contribution in [3.8, 4) is 0 Å². The Morgan fingerprint density at radius 2 is 1.88 bits per heavy atom. The first-order valence-corrected chi connectivity index (χ1v) is 9.62. The van der Waals surface area contributed by atoms with Crippen LogP contribution in [-0.2, 0) is 4.79 Å². The summed E-state index contributed by atoms with van der Waals surface area (Å²) in [5, 5.41) is 0.944. The molecule has 2 aliphatic rings. The topological polar surface area (TPSA) is 36.4 Å². The van der Waals surface area contributed by atoms with Gasteiger partial charge in [-0.15, -0.1) is 0 Å². The number of hydrogen-bond acceptors (Lipinski definition) is 4. The van der Waals surface area contributed by atoms with Crippen molar-refractivity contribution in [3.05, 3.63) is 24.0 Å². The van der Waals surface area contributed by atoms with Crippen LogP contribution in [0.5, 0.6) is 0 Å². The first-order chi connectivity index (χ1) is 11.7. The number of likely N-dealkylation sites (tertiary alicyclic amines) is 1. The van der Waals surface area contributed by atoms with E-state index in [0.717, 1.165) is 67.2 Å². The molecule has 24 heavy (non-hydrogen) atoms. The van der Waals surface area contributed by atoms with Crippen molar-refractivity contribution < 1.29 is 9.18 Å². The van der Waals surface area contributed by atoms with Crippen LogP contribution in [0.2, 0.25) is 0 Å². The highest BCUT2D eigenvalue weighted by Crippen LogP contribution is 2.32. The molecule has 0 spiro atoms. The molecule has 1 aromatic heterocycles. The third-order valence-electron chi connectivity index (χ3n) is 5.12. The van der Waals surface area contributed by atoms with Crippen LogP contribution in [0.15, 0.2) is 18.2 Å². The predicted molar refractivity (Wildman–Crippen MR) is 94.9 cm³/mol. The van der Waals surface area contributed by atoms with Crippen LogP contribution >= 0.6 is 11.3 Å². The van der Waals surface area contributed by atoms with Gasteiger partial charge in [-0.2, -0.15) is 0 Å². The second kappa shape index (κ2) is 6.67. The molecule has 128 valence electrons. The summed E-state index contributed by atoms with van der Waals surface area (Å²) >= 11 is 1.54. The van der Waals surface area contributed by atoms with E-state index in [4.69, 9.17) is 0 Å². The molecule has 4 nitrogen and oxygen atoms in total. The average molecular weight is 347 g/mol. The molecule has 2 saturated heterocycles. The van der Waals surface area contributed by atoms with E-state index in [1.54, 1.807) is 12.1 Å². The molecule has 2 fully saturated rings. The summed E-state index contributed by atoms with van der Waals surface area (Å²) in [5.74, 6) is 0.287. The number of anilines is 1. The Labute approximate surface area is 145 Å². The summed E-state index contributed by atoms with van der Waals surface area (Å²) in [4.78, 5) is 21.5. The van der Waals surface area contributed by atoms with Gasteiger partial charge in [-0.1, -0.05) is 11.3 Å². The van der Waals surface area contributed by atoms with Gasteiger partial charge in [0.25, 0.3) is 0 Å². The number of carbonyl (C=O) groups is 1. The smallest absolute Gasteiger partial charge is 0.225 e. The lowest BCUT2D eigenvalue weighted by molar-refractivity contribution is -0.137. The maximum atomic E-state index is 13.3. The van der Waals surface area contributed by atoms with Gasteiger partial charge in [0.2, 0.25) is 5.91 Å². The van der Waals surface area contributed by atoms with Crippen molar-refractivity contribution in [1.82, 2.24) is 9.88 Å². The Bertz CT molecular complexity index is 733. The third kappa shape index (κ3) is 3.11. The van der Waals surface area contributed by atoms with Crippen molar-refractivity contribution in [1.29, 1.82) is 0 Å². The van der Waals surface area contributed by atoms with Gasteiger partial charge in [0.15, 0.2) is 5.13 Å². The van der Waals surface area contributed by atoms with E-state index in [-0.39, 0.29) is 11.7 Å². The molecule has 1 aromatic carbocycles. The Hall–Kier alpha value is -1.69. The second-order valence-electron chi connectivity index (χ2n) is 6.76. The summed E-state index contributed by atoms with van der Waals surface area (Å²) in [6.45, 7) is 3.57. The lowest BCUT2D eigenvalue weighted by atomic mass is 9.94. The van der Waals surface area contributed by atoms with Gasteiger partial charge in [0.1, 0.15) is 5.82 Å². The fourth-order valence-electron chi connectivity index (χ4n) is 3.71. The van der Waals surface area contributed by atoms with Gasteiger partial charge in [0, 0.05) is 32.1 Å². The van der Waals surface area contributed by atoms with Crippen LogP contribution < -0.4 is 4.90 Å². The Morgan fingerprint density at radius 1 is 1.12 bits per heavy atom. The quantitative estimate of drug-likeness (QED) is 0.832. The highest BCUT2D eigenvalue weighted by atomic mass is 32.1. The lowest BCUT2D eigenvalue weighted by Crippen LogP contribution is -2.44. The SMILES string of the molecule is O=C(C1CCN(c2nc3ccc(F)cc3s2)CC1)N1CCCCC1. The molecule has 0 N–H and O–H groups in total. The van der Waals surface area contributed by atoms with Crippen LogP contribution in [0.3, 0.4) is 0 Å². The molecule has 0 bridgehead atoms. The number of rotatable bonds is 2. The van der Waals surface area contributed by atoms with E-state index in [1.165, 1.54) is 23.8 Å². The molecule has 0 unspecified atom stereocenters. The summed E-state index contributed by atoms with van der Waals surface area (Å²) in [7, 11) is 0. The molecule has 0 atom stereocenters. The Balaban J connectivity index is 1.40. The van der Waals surface area contributed by atoms with Gasteiger partial charge in [0.05, 0.1) is 10.2 Å². The lowest BCUT2D eigenvalue weighted by Gasteiger charge is -2.35. The van der Waals surface area contributed by atoms with Gasteiger partial charge in [-0.3, -0.25) is 4.79 Å². The monoisotopic (exact) mass is 347 g/mol. The van der Waals surface area contributed by atoms with E-state index in [9.17, 15) is 9.18 Å². The zero-order chi connectivity index (χ0) is 16.5. The van der Waals surface area contributed by atoms with E-state index in [1.807, 2.05) is 0 Å². The molecule has 0 saturated carbocycles. The van der Waals surface area contributed by atoms with Gasteiger partial charge >= 0.3 is 0 Å². The number of halogens is 1. The van der Waals surface area contributed by atoms with Crippen LogP contribution in [0, 0.1) is 11.7 Å². The molecule has 0 radical (unpaired) electrons. The summed E-state index contributed by atoms with van der Waals surface area (Å²) in [6.07, 6.45) is 5.32. The molecule has 2 aromatic rings. The zero-order valence-electron chi connectivity index (χ0n) is 13.7. The first-order valence-electron chi connectivity index (χ1n) is 8.80. The Kier molecular flexibility index (Phi) is 4.39. The molecule has 3 heterocycles. The minimum atomic E-state index is -0.219. The van der Waals surface area contributed by atoms with Crippen LogP contribution in [-0.4, -0.2) is 42.0 Å². The molecule has 4 rings (SSSR count). The third-order valence-corrected chi connectivity index (χ3v) is 6.20. The number of carbonyl (C=O) groups excluding carboxylic acids is 1. The van der Waals surface area contributed by atoms with E-state index in [2.05, 4.69) is 14.8 Å². The predicted octanol–water partition coefficient (Wildman–Crippen LogP) is 3.66. The van der Waals surface area contributed by atoms with E-state index < -0.39 is 0 Å². The molecule has 0 aliphatic carbocycles. The number of piperidine rings is 2. The summed E-state index contributed by atoms with van der Waals surface area (Å²) in [6, 6.07) is 4.73. The number of aromatic nitrogens is 1. The van der Waals surface area contributed by atoms with Crippen molar-refractivity contribution in [2.45, 2.75) is 32.1 Å². The number of fused-ring (bicyclic) bond motifs is 1. The molecule has 6 heteroatoms. The largest absolute Gasteiger partial charge is 0.348 e. The minimum absolute atomic E-state index is 0.158. The maximum absolute atomic E-state index is 13.3. The van der Waals surface area contributed by atoms with Gasteiger partial charge in [-0.05, 0) is 50.3 Å². The minimum Gasteiger partial charge on any atom is -0.348 e. The molecular weight excluding hydrogens is 325 g/mol. The number of nitrogens with zero attached hydrogens (tertiary/aromatic N) is 3. The fourth-order valence-corrected chi connectivity index (χ4v) is 4.75. The van der Waals surface area contributed by atoms with E-state index in [0.29, 0.717) is 5.91 Å². The number of thiazole rings is 1. The summed E-state index contributed by atoms with van der Waals surface area (Å²) < 4.78 is 14.2. The van der Waals surface area contributed by atoms with Crippen LogP contribution in [0.25, 0.3) is 10.2 Å². The summed E-state index contributed by atoms with van der Waals surface area (Å²) in [5.41, 5.74) is 0.850. The zero-order valence-corrected chi connectivity index (χ0v) is 14.5. The standard InChI is InChI=1S/C18H22FN3OS/c19-14-4-5-15-16(12-14)24-18(20-15)22-10-6-13(7-11-22)17(23)21-8-2-1-3-9-21/h4-5,12-13H,1-3,6-11H2. The first kappa shape index (κ1) is 15.8. The molecule has 2 aliphatic heterocycles. The highest BCUT2D eigenvalue weighted by Gasteiger charge is 2.30. The van der Waals surface area contributed by atoms with Crippen molar-refractivity contribution in [3.63, 3.8) is 0 Å². The van der Waals surface area contributed by atoms with Crippen LogP contribution in [0.4, 0.5) is 9.52 Å². The normalized spacial score (nSPS) is 19.9. The molecule has 1 amide bonds. The van der Waals surface area contributed by atoms with Crippen molar-refractivity contribution in [2.75, 3.05) is 31.1 Å². The number of benzene rings is 1. The number of hydrogen-bond donors (Lipinski definition) is 0. The van der Waals surface area contributed by atoms with Crippen molar-refractivity contribution >= 4 is 32.6 Å². The maximum Gasteiger partial charge on any atom is 0.225 e. The molecular formula is C18H22FN3OS.